The number of ketones is 1. The van der Waals surface area contributed by atoms with E-state index in [0.29, 0.717) is 29.1 Å². The quantitative estimate of drug-likeness (QED) is 0.586. The maximum absolute atomic E-state index is 13.0. The van der Waals surface area contributed by atoms with Crippen LogP contribution < -0.4 is 14.8 Å². The van der Waals surface area contributed by atoms with Crippen molar-refractivity contribution in [2.75, 3.05) is 25.2 Å². The van der Waals surface area contributed by atoms with Crippen LogP contribution in [0.15, 0.2) is 39.7 Å². The van der Waals surface area contributed by atoms with Crippen molar-refractivity contribution in [1.29, 1.82) is 0 Å². The van der Waals surface area contributed by atoms with Gasteiger partial charge in [-0.1, -0.05) is 13.8 Å². The van der Waals surface area contributed by atoms with Crippen LogP contribution in [-0.2, 0) is 10.0 Å². The first-order valence-corrected chi connectivity index (χ1v) is 11.5. The van der Waals surface area contributed by atoms with Gasteiger partial charge in [-0.15, -0.1) is 0 Å². The first-order valence-electron chi connectivity index (χ1n) is 9.24. The van der Waals surface area contributed by atoms with Crippen LogP contribution in [-0.4, -0.2) is 44.3 Å². The van der Waals surface area contributed by atoms with Gasteiger partial charge in [-0.25, -0.2) is 8.42 Å². The van der Waals surface area contributed by atoms with Gasteiger partial charge in [0, 0.05) is 29.2 Å². The predicted molar refractivity (Wildman–Crippen MR) is 115 cm³/mol. The number of nitrogens with one attached hydrogen (secondary N) is 1. The van der Waals surface area contributed by atoms with Gasteiger partial charge in [0.15, 0.2) is 17.3 Å². The number of Topliss-reactive ketones (excluding diaryl/α,β-unsaturated/α-hetero) is 1. The molecule has 0 aromatic heterocycles. The van der Waals surface area contributed by atoms with Crippen molar-refractivity contribution in [3.8, 4) is 11.5 Å². The molecule has 1 amide bonds. The van der Waals surface area contributed by atoms with E-state index in [0.717, 1.165) is 0 Å². The van der Waals surface area contributed by atoms with E-state index < -0.39 is 15.9 Å². The monoisotopic (exact) mass is 496 g/mol. The minimum atomic E-state index is -3.73. The van der Waals surface area contributed by atoms with Gasteiger partial charge in [-0.2, -0.15) is 4.31 Å². The first-order chi connectivity index (χ1) is 14.2. The Balaban J connectivity index is 1.98. The molecule has 2 aromatic carbocycles. The third-order valence-electron chi connectivity index (χ3n) is 4.67. The second-order valence-corrected chi connectivity index (χ2v) is 9.28. The largest absolute Gasteiger partial charge is 0.454 e. The fraction of sp³-hybridized carbons (Fsp3) is 0.300. The molecule has 3 rings (SSSR count). The Kier molecular flexibility index (Phi) is 6.49. The van der Waals surface area contributed by atoms with Gasteiger partial charge in [0.05, 0.1) is 16.1 Å². The fourth-order valence-electron chi connectivity index (χ4n) is 3.08. The number of amides is 1. The molecule has 10 heteroatoms. The Morgan fingerprint density at radius 2 is 1.70 bits per heavy atom. The number of ether oxygens (including phenoxy) is 2. The van der Waals surface area contributed by atoms with Gasteiger partial charge in [-0.3, -0.25) is 9.59 Å². The number of carbonyl (C=O) groups excluding carboxylic acids is 2. The van der Waals surface area contributed by atoms with Crippen LogP contribution in [0.25, 0.3) is 0 Å². The maximum atomic E-state index is 13.0. The van der Waals surface area contributed by atoms with E-state index in [4.69, 9.17) is 9.47 Å². The Labute approximate surface area is 183 Å². The summed E-state index contributed by atoms with van der Waals surface area (Å²) in [4.78, 5) is 25.0. The lowest BCUT2D eigenvalue weighted by molar-refractivity contribution is 0.101. The van der Waals surface area contributed by atoms with Gasteiger partial charge in [0.25, 0.3) is 5.91 Å². The van der Waals surface area contributed by atoms with E-state index in [1.54, 1.807) is 13.8 Å². The summed E-state index contributed by atoms with van der Waals surface area (Å²) in [5.41, 5.74) is 0.631. The molecular formula is C20H21BrN2O6S. The zero-order valence-electron chi connectivity index (χ0n) is 16.7. The Hall–Kier alpha value is -2.43. The molecular weight excluding hydrogens is 476 g/mol. The lowest BCUT2D eigenvalue weighted by atomic mass is 10.1. The average Bonchev–Trinajstić information content (AvgIpc) is 3.15. The molecule has 0 fully saturated rings. The molecule has 0 unspecified atom stereocenters. The Bertz CT molecular complexity index is 1110. The standard InChI is InChI=1S/C20H21BrN2O6S/c1-4-23(5-2)30(26,27)13-6-7-16(21)15(8-13)20(25)22-17-10-19-18(28-11-29-19)9-14(17)12(3)24/h6-10H,4-5,11H2,1-3H3,(H,22,25). The number of fused-ring (bicyclic) bond motifs is 1. The molecule has 1 aliphatic rings. The molecule has 0 radical (unpaired) electrons. The summed E-state index contributed by atoms with van der Waals surface area (Å²) >= 11 is 3.30. The highest BCUT2D eigenvalue weighted by atomic mass is 79.9. The number of sulfonamides is 1. The number of nitrogens with zero attached hydrogens (tertiary/aromatic N) is 1. The van der Waals surface area contributed by atoms with Crippen molar-refractivity contribution < 1.29 is 27.5 Å². The molecule has 0 saturated carbocycles. The lowest BCUT2D eigenvalue weighted by Crippen LogP contribution is -2.30. The van der Waals surface area contributed by atoms with Gasteiger partial charge in [0.2, 0.25) is 16.8 Å². The summed E-state index contributed by atoms with van der Waals surface area (Å²) in [7, 11) is -3.73. The van der Waals surface area contributed by atoms with Crippen LogP contribution in [0.5, 0.6) is 11.5 Å². The van der Waals surface area contributed by atoms with E-state index in [-0.39, 0.29) is 34.3 Å². The molecule has 1 aliphatic heterocycles. The van der Waals surface area contributed by atoms with E-state index in [9.17, 15) is 18.0 Å². The summed E-state index contributed by atoms with van der Waals surface area (Å²) in [5, 5.41) is 2.68. The summed E-state index contributed by atoms with van der Waals surface area (Å²) in [6.45, 7) is 5.53. The second kappa shape index (κ2) is 8.75. The maximum Gasteiger partial charge on any atom is 0.256 e. The number of benzene rings is 2. The lowest BCUT2D eigenvalue weighted by Gasteiger charge is -2.19. The minimum Gasteiger partial charge on any atom is -0.454 e. The summed E-state index contributed by atoms with van der Waals surface area (Å²) in [6.07, 6.45) is 0. The molecule has 2 aromatic rings. The number of carbonyl (C=O) groups is 2. The van der Waals surface area contributed by atoms with E-state index in [2.05, 4.69) is 21.2 Å². The summed E-state index contributed by atoms with van der Waals surface area (Å²) < 4.78 is 38.0. The number of anilines is 1. The molecule has 160 valence electrons. The molecule has 0 atom stereocenters. The SMILES string of the molecule is CCN(CC)S(=O)(=O)c1ccc(Br)c(C(=O)Nc2cc3c(cc2C(C)=O)OCO3)c1. The first kappa shape index (κ1) is 22.3. The number of halogens is 1. The fourth-order valence-corrected chi connectivity index (χ4v) is 4.99. The van der Waals surface area contributed by atoms with Crippen LogP contribution >= 0.6 is 15.9 Å². The van der Waals surface area contributed by atoms with Crippen LogP contribution in [0.2, 0.25) is 0 Å². The van der Waals surface area contributed by atoms with Crippen molar-refractivity contribution in [1.82, 2.24) is 4.31 Å². The molecule has 0 saturated heterocycles. The van der Waals surface area contributed by atoms with Gasteiger partial charge >= 0.3 is 0 Å². The topological polar surface area (TPSA) is 102 Å². The average molecular weight is 497 g/mol. The normalized spacial score (nSPS) is 12.8. The Morgan fingerprint density at radius 3 is 2.30 bits per heavy atom. The van der Waals surface area contributed by atoms with Crippen LogP contribution in [0.1, 0.15) is 41.5 Å². The smallest absolute Gasteiger partial charge is 0.256 e. The molecule has 1 N–H and O–H groups in total. The molecule has 8 nitrogen and oxygen atoms in total. The minimum absolute atomic E-state index is 0.0111. The van der Waals surface area contributed by atoms with Crippen molar-refractivity contribution >= 4 is 43.3 Å². The zero-order chi connectivity index (χ0) is 22.1. The van der Waals surface area contributed by atoms with Crippen LogP contribution in [0.3, 0.4) is 0 Å². The van der Waals surface area contributed by atoms with E-state index in [1.807, 2.05) is 0 Å². The van der Waals surface area contributed by atoms with Crippen molar-refractivity contribution in [2.45, 2.75) is 25.7 Å². The highest BCUT2D eigenvalue weighted by Crippen LogP contribution is 2.37. The van der Waals surface area contributed by atoms with Gasteiger partial charge in [-0.05, 0) is 47.1 Å². The van der Waals surface area contributed by atoms with Crippen LogP contribution in [0.4, 0.5) is 5.69 Å². The molecule has 1 heterocycles. The van der Waals surface area contributed by atoms with E-state index >= 15 is 0 Å². The Morgan fingerprint density at radius 1 is 1.07 bits per heavy atom. The third kappa shape index (κ3) is 4.21. The molecule has 0 spiro atoms. The van der Waals surface area contributed by atoms with E-state index in [1.165, 1.54) is 41.6 Å². The van der Waals surface area contributed by atoms with Crippen molar-refractivity contribution in [3.05, 3.63) is 45.9 Å². The summed E-state index contributed by atoms with van der Waals surface area (Å²) in [6, 6.07) is 7.29. The zero-order valence-corrected chi connectivity index (χ0v) is 19.1. The predicted octanol–water partition coefficient (Wildman–Crippen LogP) is 3.66. The molecule has 30 heavy (non-hydrogen) atoms. The number of hydrogen-bond donors (Lipinski definition) is 1. The third-order valence-corrected chi connectivity index (χ3v) is 7.40. The number of rotatable bonds is 7. The highest BCUT2D eigenvalue weighted by molar-refractivity contribution is 9.10. The summed E-state index contributed by atoms with van der Waals surface area (Å²) in [5.74, 6) is -0.000662. The molecule has 0 aliphatic carbocycles. The van der Waals surface area contributed by atoms with Gasteiger partial charge < -0.3 is 14.8 Å². The van der Waals surface area contributed by atoms with Gasteiger partial charge in [0.1, 0.15) is 0 Å². The molecule has 0 bridgehead atoms. The highest BCUT2D eigenvalue weighted by Gasteiger charge is 2.25. The number of hydrogen-bond acceptors (Lipinski definition) is 6. The van der Waals surface area contributed by atoms with Crippen molar-refractivity contribution in [3.63, 3.8) is 0 Å². The van der Waals surface area contributed by atoms with Crippen LogP contribution in [0, 0.1) is 0 Å². The van der Waals surface area contributed by atoms with Crippen molar-refractivity contribution in [2.24, 2.45) is 0 Å². The second-order valence-electron chi connectivity index (χ2n) is 6.49.